The standard InChI is InChI=1S/C15H11ClFNO3/c1-8-4-2-5-9(15(20)21)13(8)18-14(19)12-10(16)6-3-7-11(12)17/h2-7H,1H3,(H,18,19)(H,20,21). The molecule has 0 atom stereocenters. The lowest BCUT2D eigenvalue weighted by atomic mass is 10.1. The van der Waals surface area contributed by atoms with Crippen molar-refractivity contribution in [2.24, 2.45) is 0 Å². The first kappa shape index (κ1) is 15.0. The molecular weight excluding hydrogens is 297 g/mol. The molecule has 4 nitrogen and oxygen atoms in total. The summed E-state index contributed by atoms with van der Waals surface area (Å²) in [6.07, 6.45) is 0. The number of amides is 1. The minimum Gasteiger partial charge on any atom is -0.478 e. The number of carbonyl (C=O) groups excluding carboxylic acids is 1. The highest BCUT2D eigenvalue weighted by Gasteiger charge is 2.19. The van der Waals surface area contributed by atoms with Gasteiger partial charge in [0, 0.05) is 0 Å². The summed E-state index contributed by atoms with van der Waals surface area (Å²) in [5.74, 6) is -2.76. The summed E-state index contributed by atoms with van der Waals surface area (Å²) in [6.45, 7) is 1.64. The molecule has 0 aliphatic carbocycles. The Bertz CT molecular complexity index is 711. The normalized spacial score (nSPS) is 10.2. The van der Waals surface area contributed by atoms with Crippen molar-refractivity contribution >= 4 is 29.2 Å². The van der Waals surface area contributed by atoms with Gasteiger partial charge < -0.3 is 10.4 Å². The van der Waals surface area contributed by atoms with Gasteiger partial charge in [0.2, 0.25) is 0 Å². The number of para-hydroxylation sites is 1. The Hall–Kier alpha value is -2.40. The number of aromatic carboxylic acids is 1. The van der Waals surface area contributed by atoms with Crippen molar-refractivity contribution in [2.75, 3.05) is 5.32 Å². The van der Waals surface area contributed by atoms with Gasteiger partial charge in [-0.3, -0.25) is 4.79 Å². The predicted octanol–water partition coefficient (Wildman–Crippen LogP) is 3.74. The highest BCUT2D eigenvalue weighted by molar-refractivity contribution is 6.34. The van der Waals surface area contributed by atoms with Crippen molar-refractivity contribution in [3.63, 3.8) is 0 Å². The van der Waals surface area contributed by atoms with Gasteiger partial charge in [0.1, 0.15) is 5.82 Å². The van der Waals surface area contributed by atoms with E-state index >= 15 is 0 Å². The lowest BCUT2D eigenvalue weighted by Gasteiger charge is -2.12. The molecule has 0 saturated heterocycles. The quantitative estimate of drug-likeness (QED) is 0.907. The molecule has 2 aromatic carbocycles. The topological polar surface area (TPSA) is 66.4 Å². The lowest BCUT2D eigenvalue weighted by Crippen LogP contribution is -2.17. The summed E-state index contributed by atoms with van der Waals surface area (Å²) in [4.78, 5) is 23.3. The van der Waals surface area contributed by atoms with Crippen molar-refractivity contribution in [3.8, 4) is 0 Å². The molecule has 2 N–H and O–H groups in total. The number of hydrogen-bond donors (Lipinski definition) is 2. The Kier molecular flexibility index (Phi) is 4.23. The SMILES string of the molecule is Cc1cccc(C(=O)O)c1NC(=O)c1c(F)cccc1Cl. The fourth-order valence-corrected chi connectivity index (χ4v) is 2.15. The maximum absolute atomic E-state index is 13.7. The fraction of sp³-hybridized carbons (Fsp3) is 0.0667. The Morgan fingerprint density at radius 3 is 2.48 bits per heavy atom. The first-order valence-electron chi connectivity index (χ1n) is 6.00. The van der Waals surface area contributed by atoms with E-state index in [0.29, 0.717) is 5.56 Å². The van der Waals surface area contributed by atoms with Gasteiger partial charge in [-0.2, -0.15) is 0 Å². The minimum atomic E-state index is -1.19. The number of anilines is 1. The molecule has 0 heterocycles. The summed E-state index contributed by atoms with van der Waals surface area (Å²) in [6, 6.07) is 8.43. The Morgan fingerprint density at radius 1 is 1.19 bits per heavy atom. The van der Waals surface area contributed by atoms with E-state index in [9.17, 15) is 14.0 Å². The Morgan fingerprint density at radius 2 is 1.86 bits per heavy atom. The van der Waals surface area contributed by atoms with E-state index in [-0.39, 0.29) is 21.8 Å². The Balaban J connectivity index is 2.44. The molecule has 0 aliphatic heterocycles. The second-order valence-electron chi connectivity index (χ2n) is 4.35. The highest BCUT2D eigenvalue weighted by Crippen LogP contribution is 2.24. The molecular formula is C15H11ClFNO3. The number of benzene rings is 2. The molecule has 0 radical (unpaired) electrons. The van der Waals surface area contributed by atoms with Gasteiger partial charge in [-0.1, -0.05) is 29.8 Å². The van der Waals surface area contributed by atoms with Crippen molar-refractivity contribution in [3.05, 3.63) is 63.9 Å². The van der Waals surface area contributed by atoms with E-state index in [1.54, 1.807) is 19.1 Å². The second-order valence-corrected chi connectivity index (χ2v) is 4.76. The molecule has 0 bridgehead atoms. The van der Waals surface area contributed by atoms with Gasteiger partial charge in [-0.15, -0.1) is 0 Å². The molecule has 2 rings (SSSR count). The molecule has 6 heteroatoms. The first-order valence-corrected chi connectivity index (χ1v) is 6.38. The zero-order chi connectivity index (χ0) is 15.6. The number of rotatable bonds is 3. The van der Waals surface area contributed by atoms with E-state index in [1.807, 2.05) is 0 Å². The number of halogens is 2. The number of nitrogens with one attached hydrogen (secondary N) is 1. The molecule has 0 fully saturated rings. The van der Waals surface area contributed by atoms with Crippen LogP contribution in [-0.2, 0) is 0 Å². The molecule has 21 heavy (non-hydrogen) atoms. The lowest BCUT2D eigenvalue weighted by molar-refractivity contribution is 0.0698. The van der Waals surface area contributed by atoms with Crippen LogP contribution in [0.4, 0.5) is 10.1 Å². The molecule has 0 aliphatic rings. The van der Waals surface area contributed by atoms with Gasteiger partial charge in [0.05, 0.1) is 21.8 Å². The van der Waals surface area contributed by atoms with Gasteiger partial charge in [0.25, 0.3) is 5.91 Å². The van der Waals surface area contributed by atoms with Crippen molar-refractivity contribution in [1.82, 2.24) is 0 Å². The third kappa shape index (κ3) is 3.03. The predicted molar refractivity (Wildman–Crippen MR) is 77.5 cm³/mol. The zero-order valence-electron chi connectivity index (χ0n) is 11.0. The molecule has 2 aromatic rings. The maximum atomic E-state index is 13.7. The smallest absolute Gasteiger partial charge is 0.337 e. The van der Waals surface area contributed by atoms with E-state index in [1.165, 1.54) is 18.2 Å². The van der Waals surface area contributed by atoms with Crippen LogP contribution >= 0.6 is 11.6 Å². The van der Waals surface area contributed by atoms with Crippen LogP contribution in [0, 0.1) is 12.7 Å². The van der Waals surface area contributed by atoms with Gasteiger partial charge in [-0.25, -0.2) is 9.18 Å². The van der Waals surface area contributed by atoms with Crippen LogP contribution in [0.15, 0.2) is 36.4 Å². The van der Waals surface area contributed by atoms with Crippen LogP contribution in [0.5, 0.6) is 0 Å². The largest absolute Gasteiger partial charge is 0.478 e. The van der Waals surface area contributed by atoms with E-state index in [0.717, 1.165) is 6.07 Å². The first-order chi connectivity index (χ1) is 9.91. The second kappa shape index (κ2) is 5.93. The maximum Gasteiger partial charge on any atom is 0.337 e. The third-order valence-corrected chi connectivity index (χ3v) is 3.25. The van der Waals surface area contributed by atoms with Gasteiger partial charge in [0.15, 0.2) is 0 Å². The van der Waals surface area contributed by atoms with Crippen molar-refractivity contribution in [1.29, 1.82) is 0 Å². The van der Waals surface area contributed by atoms with E-state index < -0.39 is 17.7 Å². The summed E-state index contributed by atoms with van der Waals surface area (Å²) in [7, 11) is 0. The van der Waals surface area contributed by atoms with Crippen molar-refractivity contribution in [2.45, 2.75) is 6.92 Å². The monoisotopic (exact) mass is 307 g/mol. The highest BCUT2D eigenvalue weighted by atomic mass is 35.5. The van der Waals surface area contributed by atoms with Gasteiger partial charge >= 0.3 is 5.97 Å². The fourth-order valence-electron chi connectivity index (χ4n) is 1.90. The molecule has 0 unspecified atom stereocenters. The van der Waals surface area contributed by atoms with Crippen molar-refractivity contribution < 1.29 is 19.1 Å². The van der Waals surface area contributed by atoms with Crippen LogP contribution < -0.4 is 5.32 Å². The van der Waals surface area contributed by atoms with Crippen LogP contribution in [0.1, 0.15) is 26.3 Å². The summed E-state index contributed by atoms with van der Waals surface area (Å²) in [5, 5.41) is 11.5. The van der Waals surface area contributed by atoms with Crippen LogP contribution in [0.3, 0.4) is 0 Å². The molecule has 108 valence electrons. The number of carbonyl (C=O) groups is 2. The third-order valence-electron chi connectivity index (χ3n) is 2.93. The molecule has 1 amide bonds. The summed E-state index contributed by atoms with van der Waals surface area (Å²) < 4.78 is 13.7. The summed E-state index contributed by atoms with van der Waals surface area (Å²) in [5.41, 5.74) is 0.277. The van der Waals surface area contributed by atoms with Gasteiger partial charge in [-0.05, 0) is 30.7 Å². The molecule has 0 spiro atoms. The van der Waals surface area contributed by atoms with Crippen LogP contribution in [-0.4, -0.2) is 17.0 Å². The average molecular weight is 308 g/mol. The minimum absolute atomic E-state index is 0.0436. The average Bonchev–Trinajstić information content (AvgIpc) is 2.40. The van der Waals surface area contributed by atoms with E-state index in [4.69, 9.17) is 16.7 Å². The number of carboxylic acid groups (broad SMARTS) is 1. The number of hydrogen-bond acceptors (Lipinski definition) is 2. The molecule has 0 aromatic heterocycles. The summed E-state index contributed by atoms with van der Waals surface area (Å²) >= 11 is 5.82. The number of aryl methyl sites for hydroxylation is 1. The Labute approximate surface area is 125 Å². The van der Waals surface area contributed by atoms with E-state index in [2.05, 4.69) is 5.32 Å². The van der Waals surface area contributed by atoms with Crippen LogP contribution in [0.2, 0.25) is 5.02 Å². The van der Waals surface area contributed by atoms with Crippen LogP contribution in [0.25, 0.3) is 0 Å². The zero-order valence-corrected chi connectivity index (χ0v) is 11.7. The molecule has 0 saturated carbocycles. The number of carboxylic acids is 1.